The number of halogens is 1. The lowest BCUT2D eigenvalue weighted by Gasteiger charge is -2.34. The zero-order chi connectivity index (χ0) is 18.8. The first-order valence-corrected chi connectivity index (χ1v) is 9.62. The average Bonchev–Trinajstić information content (AvgIpc) is 3.10. The van der Waals surface area contributed by atoms with Crippen LogP contribution in [0.25, 0.3) is 5.65 Å². The van der Waals surface area contributed by atoms with Crippen molar-refractivity contribution in [3.05, 3.63) is 53.7 Å². The summed E-state index contributed by atoms with van der Waals surface area (Å²) in [6, 6.07) is 9.46. The van der Waals surface area contributed by atoms with Gasteiger partial charge in [0.05, 0.1) is 7.11 Å². The van der Waals surface area contributed by atoms with Crippen molar-refractivity contribution in [1.29, 1.82) is 0 Å². The van der Waals surface area contributed by atoms with E-state index >= 15 is 0 Å². The third-order valence-electron chi connectivity index (χ3n) is 5.44. The van der Waals surface area contributed by atoms with E-state index in [-0.39, 0.29) is 5.82 Å². The van der Waals surface area contributed by atoms with E-state index < -0.39 is 0 Å². The molecule has 0 aliphatic carbocycles. The van der Waals surface area contributed by atoms with Gasteiger partial charge in [-0.1, -0.05) is 19.1 Å². The third kappa shape index (κ3) is 3.36. The molecule has 2 aromatic heterocycles. The van der Waals surface area contributed by atoms with Crippen molar-refractivity contribution in [2.75, 3.05) is 25.1 Å². The lowest BCUT2D eigenvalue weighted by atomic mass is 9.88. The van der Waals surface area contributed by atoms with Gasteiger partial charge in [-0.3, -0.25) is 4.40 Å². The molecule has 0 N–H and O–H groups in total. The van der Waals surface area contributed by atoms with Crippen LogP contribution in [0.4, 0.5) is 10.1 Å². The third-order valence-corrected chi connectivity index (χ3v) is 5.44. The van der Waals surface area contributed by atoms with Gasteiger partial charge in [0.25, 0.3) is 0 Å². The van der Waals surface area contributed by atoms with Gasteiger partial charge in [-0.25, -0.2) is 4.39 Å². The molecule has 1 aromatic carbocycles. The number of piperidine rings is 1. The number of hydrogen-bond acceptors (Lipinski definition) is 4. The lowest BCUT2D eigenvalue weighted by Crippen LogP contribution is -2.33. The normalized spacial score (nSPS) is 15.4. The fourth-order valence-corrected chi connectivity index (χ4v) is 4.03. The van der Waals surface area contributed by atoms with Crippen LogP contribution in [-0.4, -0.2) is 34.8 Å². The van der Waals surface area contributed by atoms with Crippen molar-refractivity contribution in [2.45, 2.75) is 38.5 Å². The Morgan fingerprint density at radius 2 is 2.00 bits per heavy atom. The number of nitrogens with zero attached hydrogens (tertiary/aromatic N) is 4. The van der Waals surface area contributed by atoms with Crippen molar-refractivity contribution in [3.63, 3.8) is 0 Å². The van der Waals surface area contributed by atoms with Crippen LogP contribution in [0.2, 0.25) is 0 Å². The lowest BCUT2D eigenvalue weighted by molar-refractivity contribution is 0.371. The summed E-state index contributed by atoms with van der Waals surface area (Å²) in [5, 5.41) is 8.61. The number of fused-ring (bicyclic) bond motifs is 1. The van der Waals surface area contributed by atoms with Crippen LogP contribution in [-0.2, 0) is 6.42 Å². The number of aryl methyl sites for hydroxylation is 1. The number of hydrogen-bond donors (Lipinski definition) is 0. The minimum absolute atomic E-state index is 0.280. The predicted octanol–water partition coefficient (Wildman–Crippen LogP) is 4.21. The molecule has 1 saturated heterocycles. The Morgan fingerprint density at radius 3 is 2.74 bits per heavy atom. The number of benzene rings is 1. The summed E-state index contributed by atoms with van der Waals surface area (Å²) in [5.74, 6) is 1.44. The summed E-state index contributed by atoms with van der Waals surface area (Å²) in [5.41, 5.74) is 3.04. The summed E-state index contributed by atoms with van der Waals surface area (Å²) in [6.07, 6.45) is 6.00. The molecule has 27 heavy (non-hydrogen) atoms. The van der Waals surface area contributed by atoms with Gasteiger partial charge in [0.15, 0.2) is 17.2 Å². The van der Waals surface area contributed by atoms with Gasteiger partial charge in [-0.2, -0.15) is 0 Å². The number of ether oxygens (including phenoxy) is 1. The molecule has 0 saturated carbocycles. The second kappa shape index (κ2) is 7.55. The minimum atomic E-state index is -0.280. The maximum absolute atomic E-state index is 14.0. The van der Waals surface area contributed by atoms with E-state index in [1.54, 1.807) is 6.07 Å². The van der Waals surface area contributed by atoms with E-state index in [2.05, 4.69) is 44.8 Å². The molecule has 142 valence electrons. The molecule has 0 spiro atoms. The minimum Gasteiger partial charge on any atom is -0.493 e. The molecule has 1 aliphatic heterocycles. The van der Waals surface area contributed by atoms with Crippen molar-refractivity contribution >= 4 is 11.3 Å². The highest BCUT2D eigenvalue weighted by molar-refractivity contribution is 5.56. The first kappa shape index (κ1) is 17.8. The Morgan fingerprint density at radius 1 is 1.19 bits per heavy atom. The largest absolute Gasteiger partial charge is 0.493 e. The van der Waals surface area contributed by atoms with Crippen LogP contribution in [0, 0.1) is 5.82 Å². The number of aromatic nitrogens is 3. The van der Waals surface area contributed by atoms with Gasteiger partial charge in [-0.05, 0) is 37.3 Å². The van der Waals surface area contributed by atoms with Gasteiger partial charge in [0, 0.05) is 43.0 Å². The molecule has 0 amide bonds. The molecule has 5 nitrogen and oxygen atoms in total. The monoisotopic (exact) mass is 368 g/mol. The molecule has 3 aromatic rings. The molecule has 6 heteroatoms. The number of rotatable bonds is 5. The molecule has 0 radical (unpaired) electrons. The molecular formula is C21H25FN4O. The Hall–Kier alpha value is -2.63. The molecule has 4 rings (SSSR count). The van der Waals surface area contributed by atoms with Crippen LogP contribution < -0.4 is 9.64 Å². The van der Waals surface area contributed by atoms with Gasteiger partial charge >= 0.3 is 0 Å². The van der Waals surface area contributed by atoms with Crippen molar-refractivity contribution in [3.8, 4) is 5.75 Å². The second-order valence-electron chi connectivity index (χ2n) is 7.10. The van der Waals surface area contributed by atoms with Crippen molar-refractivity contribution in [1.82, 2.24) is 14.6 Å². The number of pyridine rings is 1. The van der Waals surface area contributed by atoms with Crippen molar-refractivity contribution < 1.29 is 9.13 Å². The van der Waals surface area contributed by atoms with Gasteiger partial charge in [0.2, 0.25) is 0 Å². The maximum Gasteiger partial charge on any atom is 0.165 e. The molecule has 0 unspecified atom stereocenters. The first-order valence-electron chi connectivity index (χ1n) is 9.62. The zero-order valence-electron chi connectivity index (χ0n) is 15.9. The number of anilines is 1. The SMILES string of the molecule is CCCc1nnc2cc(N3CCC(c4cccc(F)c4OC)CC3)ccn12. The van der Waals surface area contributed by atoms with E-state index in [4.69, 9.17) is 4.74 Å². The molecule has 1 aliphatic rings. The van der Waals surface area contributed by atoms with Gasteiger partial charge in [-0.15, -0.1) is 10.2 Å². The summed E-state index contributed by atoms with van der Waals surface area (Å²) >= 11 is 0. The predicted molar refractivity (Wildman–Crippen MR) is 104 cm³/mol. The van der Waals surface area contributed by atoms with Crippen LogP contribution in [0.15, 0.2) is 36.5 Å². The molecule has 0 atom stereocenters. The Kier molecular flexibility index (Phi) is 4.97. The Labute approximate surface area is 158 Å². The van der Waals surface area contributed by atoms with E-state index in [0.717, 1.165) is 55.8 Å². The van der Waals surface area contributed by atoms with Gasteiger partial charge < -0.3 is 9.64 Å². The summed E-state index contributed by atoms with van der Waals surface area (Å²) < 4.78 is 21.4. The number of methoxy groups -OCH3 is 1. The number of para-hydroxylation sites is 1. The molecular weight excluding hydrogens is 343 g/mol. The molecule has 1 fully saturated rings. The van der Waals surface area contributed by atoms with E-state index in [0.29, 0.717) is 11.7 Å². The maximum atomic E-state index is 14.0. The van der Waals surface area contributed by atoms with Crippen LogP contribution >= 0.6 is 0 Å². The van der Waals surface area contributed by atoms with E-state index in [1.807, 2.05) is 6.07 Å². The smallest absolute Gasteiger partial charge is 0.165 e. The highest BCUT2D eigenvalue weighted by atomic mass is 19.1. The average molecular weight is 368 g/mol. The Balaban J connectivity index is 1.49. The summed E-state index contributed by atoms with van der Waals surface area (Å²) in [7, 11) is 1.54. The van der Waals surface area contributed by atoms with Crippen LogP contribution in [0.3, 0.4) is 0 Å². The quantitative estimate of drug-likeness (QED) is 0.676. The highest BCUT2D eigenvalue weighted by Gasteiger charge is 2.24. The van der Waals surface area contributed by atoms with E-state index in [9.17, 15) is 4.39 Å². The Bertz CT molecular complexity index is 931. The highest BCUT2D eigenvalue weighted by Crippen LogP contribution is 2.36. The van der Waals surface area contributed by atoms with Crippen molar-refractivity contribution in [2.24, 2.45) is 0 Å². The summed E-state index contributed by atoms with van der Waals surface area (Å²) in [6.45, 7) is 4.00. The summed E-state index contributed by atoms with van der Waals surface area (Å²) in [4.78, 5) is 2.37. The first-order chi connectivity index (χ1) is 13.2. The molecule has 0 bridgehead atoms. The topological polar surface area (TPSA) is 42.7 Å². The van der Waals surface area contributed by atoms with E-state index in [1.165, 1.54) is 18.9 Å². The van der Waals surface area contributed by atoms with Gasteiger partial charge in [0.1, 0.15) is 5.82 Å². The standard InChI is InChI=1S/C21H25FN4O/c1-3-5-19-23-24-20-14-16(10-13-26(19)20)25-11-8-15(9-12-25)17-6-4-7-18(22)21(17)27-2/h4,6-7,10,13-15H,3,5,8-9,11-12H2,1-2H3. The zero-order valence-corrected chi connectivity index (χ0v) is 15.9. The fraction of sp³-hybridized carbons (Fsp3) is 0.429. The fourth-order valence-electron chi connectivity index (χ4n) is 4.03. The van der Waals surface area contributed by atoms with Crippen LogP contribution in [0.5, 0.6) is 5.75 Å². The molecule has 3 heterocycles. The van der Waals surface area contributed by atoms with Crippen LogP contribution in [0.1, 0.15) is 43.5 Å². The second-order valence-corrected chi connectivity index (χ2v) is 7.10.